The number of hydrogen-bond acceptors (Lipinski definition) is 5. The molecule has 0 spiro atoms. The van der Waals surface area contributed by atoms with Crippen LogP contribution in [0.4, 0.5) is 4.39 Å². The van der Waals surface area contributed by atoms with E-state index in [1.165, 1.54) is 18.7 Å². The zero-order valence-corrected chi connectivity index (χ0v) is 17.2. The number of H-pyrrole nitrogens is 2. The van der Waals surface area contributed by atoms with E-state index in [4.69, 9.17) is 4.98 Å². The lowest BCUT2D eigenvalue weighted by molar-refractivity contribution is 0.764. The van der Waals surface area contributed by atoms with Gasteiger partial charge in [0.15, 0.2) is 5.82 Å². The van der Waals surface area contributed by atoms with Crippen LogP contribution in [0, 0.1) is 0 Å². The first-order valence-corrected chi connectivity index (χ1v) is 9.92. The van der Waals surface area contributed by atoms with Crippen molar-refractivity contribution in [3.8, 4) is 22.6 Å². The van der Waals surface area contributed by atoms with Crippen LogP contribution in [0.1, 0.15) is 12.5 Å². The number of hydrogen-bond donors (Lipinski definition) is 2. The molecule has 5 rings (SSSR count). The fraction of sp³-hybridized carbons (Fsp3) is 0.0417. The fourth-order valence-corrected chi connectivity index (χ4v) is 3.60. The maximum absolute atomic E-state index is 15.7. The lowest BCUT2D eigenvalue weighted by Crippen LogP contribution is -2.26. The van der Waals surface area contributed by atoms with Crippen LogP contribution in [0.15, 0.2) is 68.0 Å². The van der Waals surface area contributed by atoms with Gasteiger partial charge in [-0.25, -0.2) is 19.3 Å². The highest BCUT2D eigenvalue weighted by atomic mass is 19.1. The zero-order chi connectivity index (χ0) is 22.1. The number of aromatic nitrogens is 7. The van der Waals surface area contributed by atoms with Crippen molar-refractivity contribution < 1.29 is 4.39 Å². The van der Waals surface area contributed by atoms with Crippen molar-refractivity contribution in [1.29, 1.82) is 0 Å². The molecule has 0 saturated heterocycles. The van der Waals surface area contributed by atoms with Gasteiger partial charge in [0.2, 0.25) is 0 Å². The Labute approximate surface area is 182 Å². The molecule has 4 heterocycles. The van der Waals surface area contributed by atoms with Crippen LogP contribution in [-0.4, -0.2) is 35.1 Å². The number of allylic oxidation sites excluding steroid dienone is 1. The highest BCUT2D eigenvalue weighted by molar-refractivity contribution is 5.95. The first kappa shape index (κ1) is 19.5. The second-order valence-corrected chi connectivity index (χ2v) is 7.09. The van der Waals surface area contributed by atoms with E-state index in [1.807, 2.05) is 37.3 Å². The van der Waals surface area contributed by atoms with Gasteiger partial charge in [-0.05, 0) is 30.7 Å². The standard InChI is InChI=1S/C24H18FN7/c1-3-18-20(21(25)14(2)16-11-27-13-28-12-16)23(32-31-18)24-29-19-6-4-5-17(22(19)30-24)15-7-9-26-10-8-15/h3-13,31H,2H2,1H3,(H,29,30)/b18-3+,21-20-. The van der Waals surface area contributed by atoms with E-state index in [9.17, 15) is 0 Å². The molecule has 1 aromatic carbocycles. The number of nitrogens with zero attached hydrogens (tertiary/aromatic N) is 5. The van der Waals surface area contributed by atoms with Gasteiger partial charge in [-0.15, -0.1) is 0 Å². The lowest BCUT2D eigenvalue weighted by Gasteiger charge is -2.02. The van der Waals surface area contributed by atoms with Crippen LogP contribution >= 0.6 is 0 Å². The van der Waals surface area contributed by atoms with Crippen molar-refractivity contribution in [3.05, 3.63) is 84.2 Å². The van der Waals surface area contributed by atoms with E-state index in [1.54, 1.807) is 18.5 Å². The van der Waals surface area contributed by atoms with Crippen LogP contribution in [0.25, 0.3) is 51.2 Å². The third-order valence-electron chi connectivity index (χ3n) is 5.20. The fourth-order valence-electron chi connectivity index (χ4n) is 3.60. The number of nitrogens with one attached hydrogen (secondary N) is 2. The summed E-state index contributed by atoms with van der Waals surface area (Å²) in [6.45, 7) is 5.71. The van der Waals surface area contributed by atoms with E-state index in [0.717, 1.165) is 22.2 Å². The molecule has 8 heteroatoms. The molecule has 0 aliphatic heterocycles. The van der Waals surface area contributed by atoms with Crippen molar-refractivity contribution in [2.75, 3.05) is 0 Å². The largest absolute Gasteiger partial charge is 0.337 e. The minimum Gasteiger partial charge on any atom is -0.337 e. The molecule has 4 aromatic heterocycles. The minimum absolute atomic E-state index is 0.171. The summed E-state index contributed by atoms with van der Waals surface area (Å²) in [6, 6.07) is 9.71. The van der Waals surface area contributed by atoms with Crippen molar-refractivity contribution in [3.63, 3.8) is 0 Å². The summed E-state index contributed by atoms with van der Waals surface area (Å²) in [6.07, 6.45) is 9.65. The van der Waals surface area contributed by atoms with Crippen LogP contribution in [0.2, 0.25) is 0 Å². The molecule has 0 fully saturated rings. The number of para-hydroxylation sites is 1. The second-order valence-electron chi connectivity index (χ2n) is 7.09. The predicted octanol–water partition coefficient (Wildman–Crippen LogP) is 3.40. The van der Waals surface area contributed by atoms with Gasteiger partial charge < -0.3 is 4.98 Å². The second kappa shape index (κ2) is 7.99. The summed E-state index contributed by atoms with van der Waals surface area (Å²) >= 11 is 0. The number of aromatic amines is 2. The molecule has 32 heavy (non-hydrogen) atoms. The predicted molar refractivity (Wildman–Crippen MR) is 122 cm³/mol. The van der Waals surface area contributed by atoms with Gasteiger partial charge in [0.25, 0.3) is 0 Å². The third kappa shape index (κ3) is 3.27. The van der Waals surface area contributed by atoms with Crippen LogP contribution in [0.5, 0.6) is 0 Å². The summed E-state index contributed by atoms with van der Waals surface area (Å²) in [7, 11) is 0. The quantitative estimate of drug-likeness (QED) is 0.462. The molecule has 0 amide bonds. The van der Waals surface area contributed by atoms with E-state index in [-0.39, 0.29) is 10.8 Å². The molecule has 7 nitrogen and oxygen atoms in total. The molecule has 156 valence electrons. The molecule has 0 atom stereocenters. The van der Waals surface area contributed by atoms with Crippen molar-refractivity contribution in [2.45, 2.75) is 6.92 Å². The molecular weight excluding hydrogens is 405 g/mol. The number of pyridine rings is 1. The van der Waals surface area contributed by atoms with Gasteiger partial charge in [-0.3, -0.25) is 10.1 Å². The maximum Gasteiger partial charge on any atom is 0.159 e. The van der Waals surface area contributed by atoms with Gasteiger partial charge in [-0.2, -0.15) is 5.10 Å². The Morgan fingerprint density at radius 3 is 2.59 bits per heavy atom. The summed E-state index contributed by atoms with van der Waals surface area (Å²) in [5.74, 6) is -0.0698. The molecule has 0 radical (unpaired) electrons. The summed E-state index contributed by atoms with van der Waals surface area (Å²) < 4.78 is 15.7. The van der Waals surface area contributed by atoms with Crippen LogP contribution in [0.3, 0.4) is 0 Å². The maximum atomic E-state index is 15.7. The van der Waals surface area contributed by atoms with E-state index in [2.05, 4.69) is 36.7 Å². The number of rotatable bonds is 4. The highest BCUT2D eigenvalue weighted by Crippen LogP contribution is 2.28. The number of halogens is 1. The van der Waals surface area contributed by atoms with Gasteiger partial charge >= 0.3 is 0 Å². The number of benzene rings is 1. The molecular formula is C24H18FN7. The Bertz CT molecular complexity index is 1550. The monoisotopic (exact) mass is 423 g/mol. The Balaban J connectivity index is 1.72. The van der Waals surface area contributed by atoms with E-state index in [0.29, 0.717) is 22.4 Å². The molecule has 2 N–H and O–H groups in total. The smallest absolute Gasteiger partial charge is 0.159 e. The van der Waals surface area contributed by atoms with Gasteiger partial charge in [0.1, 0.15) is 17.8 Å². The topological polar surface area (TPSA) is 96.0 Å². The van der Waals surface area contributed by atoms with Crippen molar-refractivity contribution in [2.24, 2.45) is 0 Å². The first-order chi connectivity index (χ1) is 15.7. The summed E-state index contributed by atoms with van der Waals surface area (Å²) in [5.41, 5.74) is 4.55. The summed E-state index contributed by atoms with van der Waals surface area (Å²) in [5, 5.41) is 8.07. The minimum atomic E-state index is -0.522. The molecule has 0 aliphatic rings. The molecule has 0 unspecified atom stereocenters. The number of imidazole rings is 1. The average molecular weight is 423 g/mol. The lowest BCUT2D eigenvalue weighted by atomic mass is 10.1. The third-order valence-corrected chi connectivity index (χ3v) is 5.20. The SMILES string of the molecule is C=C(/C(F)=c1/c(-c2nc3c(-c4ccncc4)cccc3[nH]2)n[nH]/c1=C/C)c1cncnc1. The first-order valence-electron chi connectivity index (χ1n) is 9.92. The van der Waals surface area contributed by atoms with Crippen LogP contribution < -0.4 is 10.6 Å². The molecule has 0 aliphatic carbocycles. The zero-order valence-electron chi connectivity index (χ0n) is 17.2. The molecule has 5 aromatic rings. The highest BCUT2D eigenvalue weighted by Gasteiger charge is 2.17. The Morgan fingerprint density at radius 2 is 1.84 bits per heavy atom. The molecule has 0 bridgehead atoms. The van der Waals surface area contributed by atoms with Crippen molar-refractivity contribution in [1.82, 2.24) is 35.1 Å². The van der Waals surface area contributed by atoms with E-state index < -0.39 is 5.83 Å². The number of fused-ring (bicyclic) bond motifs is 1. The Kier molecular flexibility index (Phi) is 4.87. The van der Waals surface area contributed by atoms with Gasteiger partial charge in [-0.1, -0.05) is 24.8 Å². The van der Waals surface area contributed by atoms with Gasteiger partial charge in [0.05, 0.1) is 21.6 Å². The van der Waals surface area contributed by atoms with Gasteiger partial charge in [0, 0.05) is 41.5 Å². The normalized spacial score (nSPS) is 12.9. The van der Waals surface area contributed by atoms with Crippen molar-refractivity contribution >= 4 is 28.5 Å². The molecule has 0 saturated carbocycles. The average Bonchev–Trinajstić information content (AvgIpc) is 3.48. The Morgan fingerprint density at radius 1 is 1.06 bits per heavy atom. The van der Waals surface area contributed by atoms with E-state index >= 15 is 4.39 Å². The van der Waals surface area contributed by atoms with Crippen LogP contribution in [-0.2, 0) is 0 Å². The summed E-state index contributed by atoms with van der Waals surface area (Å²) in [4.78, 5) is 20.0. The Hall–Kier alpha value is -4.46.